The van der Waals surface area contributed by atoms with Gasteiger partial charge in [0.1, 0.15) is 11.9 Å². The van der Waals surface area contributed by atoms with E-state index in [1.54, 1.807) is 0 Å². The van der Waals surface area contributed by atoms with E-state index in [-0.39, 0.29) is 0 Å². The Labute approximate surface area is 98.0 Å². The lowest BCUT2D eigenvalue weighted by Gasteiger charge is -2.19. The van der Waals surface area contributed by atoms with Crippen molar-refractivity contribution in [2.45, 2.75) is 45.8 Å². The summed E-state index contributed by atoms with van der Waals surface area (Å²) in [4.78, 5) is 0. The van der Waals surface area contributed by atoms with Crippen LogP contribution >= 0.6 is 0 Å². The molecule has 0 aliphatic carbocycles. The van der Waals surface area contributed by atoms with Gasteiger partial charge in [0, 0.05) is 5.56 Å². The molecule has 0 amide bonds. The van der Waals surface area contributed by atoms with Crippen LogP contribution in [0.4, 0.5) is 0 Å². The molecule has 1 aliphatic rings. The van der Waals surface area contributed by atoms with Crippen molar-refractivity contribution < 1.29 is 4.74 Å². The summed E-state index contributed by atoms with van der Waals surface area (Å²) in [5.74, 6) is 1.07. The number of aryl methyl sites for hydroxylation is 1. The number of nitrogens with one attached hydrogen (secondary N) is 1. The van der Waals surface area contributed by atoms with Crippen molar-refractivity contribution in [1.29, 1.82) is 0 Å². The van der Waals surface area contributed by atoms with Crippen LogP contribution in [0.5, 0.6) is 5.75 Å². The Morgan fingerprint density at radius 3 is 2.81 bits per heavy atom. The lowest BCUT2D eigenvalue weighted by atomic mass is 10.00. The highest BCUT2D eigenvalue weighted by Crippen LogP contribution is 2.38. The van der Waals surface area contributed by atoms with Crippen LogP contribution in [0.1, 0.15) is 43.9 Å². The molecule has 1 aromatic carbocycles. The Bertz CT molecular complexity index is 362. The van der Waals surface area contributed by atoms with Crippen molar-refractivity contribution >= 4 is 0 Å². The summed E-state index contributed by atoms with van der Waals surface area (Å²) in [5, 5.41) is 3.53. The molecule has 2 heteroatoms. The molecule has 1 heterocycles. The Hall–Kier alpha value is -1.02. The summed E-state index contributed by atoms with van der Waals surface area (Å²) in [5.41, 5.74) is 2.59. The third kappa shape index (κ3) is 2.07. The van der Waals surface area contributed by atoms with Crippen molar-refractivity contribution in [3.63, 3.8) is 0 Å². The highest BCUT2D eigenvalue weighted by molar-refractivity contribution is 5.43. The molecule has 2 atom stereocenters. The molecular weight excluding hydrogens is 198 g/mol. The zero-order valence-corrected chi connectivity index (χ0v) is 10.4. The van der Waals surface area contributed by atoms with E-state index in [2.05, 4.69) is 44.3 Å². The van der Waals surface area contributed by atoms with Crippen LogP contribution in [0.25, 0.3) is 0 Å². The Balaban J connectivity index is 2.25. The van der Waals surface area contributed by atoms with Gasteiger partial charge < -0.3 is 10.1 Å². The third-order valence-corrected chi connectivity index (χ3v) is 3.15. The van der Waals surface area contributed by atoms with Crippen LogP contribution in [0.15, 0.2) is 18.2 Å². The third-order valence-electron chi connectivity index (χ3n) is 3.15. The number of likely N-dealkylation sites (N-methyl/N-ethyl adjacent to an activating group) is 1. The van der Waals surface area contributed by atoms with Crippen molar-refractivity contribution in [1.82, 2.24) is 5.32 Å². The molecule has 88 valence electrons. The van der Waals surface area contributed by atoms with Crippen molar-refractivity contribution in [2.24, 2.45) is 0 Å². The van der Waals surface area contributed by atoms with Gasteiger partial charge in [-0.05, 0) is 31.5 Å². The van der Waals surface area contributed by atoms with E-state index in [1.807, 2.05) is 0 Å². The predicted molar refractivity (Wildman–Crippen MR) is 66.9 cm³/mol. The number of hydrogen-bond donors (Lipinski definition) is 1. The van der Waals surface area contributed by atoms with Gasteiger partial charge in [0.05, 0.1) is 6.04 Å². The monoisotopic (exact) mass is 219 g/mol. The van der Waals surface area contributed by atoms with Crippen LogP contribution < -0.4 is 10.1 Å². The van der Waals surface area contributed by atoms with E-state index in [0.29, 0.717) is 12.1 Å². The van der Waals surface area contributed by atoms with Crippen LogP contribution in [0, 0.1) is 6.92 Å². The van der Waals surface area contributed by atoms with Gasteiger partial charge in [0.2, 0.25) is 0 Å². The fourth-order valence-electron chi connectivity index (χ4n) is 2.40. The van der Waals surface area contributed by atoms with Crippen LogP contribution in [-0.2, 0) is 0 Å². The maximum atomic E-state index is 6.03. The zero-order chi connectivity index (χ0) is 11.5. The average Bonchev–Trinajstić information content (AvgIpc) is 2.57. The second-order valence-corrected chi connectivity index (χ2v) is 4.52. The van der Waals surface area contributed by atoms with Crippen LogP contribution in [-0.4, -0.2) is 12.6 Å². The first-order chi connectivity index (χ1) is 7.76. The van der Waals surface area contributed by atoms with E-state index in [4.69, 9.17) is 4.74 Å². The summed E-state index contributed by atoms with van der Waals surface area (Å²) < 4.78 is 6.03. The molecule has 16 heavy (non-hydrogen) atoms. The number of hydrogen-bond acceptors (Lipinski definition) is 2. The summed E-state index contributed by atoms with van der Waals surface area (Å²) in [6, 6.07) is 6.89. The highest BCUT2D eigenvalue weighted by Gasteiger charge is 2.32. The minimum absolute atomic E-state index is 0.307. The molecule has 0 radical (unpaired) electrons. The summed E-state index contributed by atoms with van der Waals surface area (Å²) in [6.07, 6.45) is 2.59. The molecule has 0 aromatic heterocycles. The van der Waals surface area contributed by atoms with Gasteiger partial charge in [-0.2, -0.15) is 0 Å². The highest BCUT2D eigenvalue weighted by atomic mass is 16.5. The van der Waals surface area contributed by atoms with Gasteiger partial charge in [0.15, 0.2) is 0 Å². The normalized spacial score (nSPS) is 22.9. The summed E-state index contributed by atoms with van der Waals surface area (Å²) in [6.45, 7) is 7.45. The summed E-state index contributed by atoms with van der Waals surface area (Å²) >= 11 is 0. The van der Waals surface area contributed by atoms with E-state index in [0.717, 1.165) is 18.7 Å². The number of benzene rings is 1. The zero-order valence-electron chi connectivity index (χ0n) is 10.4. The van der Waals surface area contributed by atoms with Crippen molar-refractivity contribution in [3.8, 4) is 5.75 Å². The van der Waals surface area contributed by atoms with Gasteiger partial charge >= 0.3 is 0 Å². The Morgan fingerprint density at radius 1 is 1.31 bits per heavy atom. The van der Waals surface area contributed by atoms with Gasteiger partial charge in [0.25, 0.3) is 0 Å². The largest absolute Gasteiger partial charge is 0.488 e. The Morgan fingerprint density at radius 2 is 2.12 bits per heavy atom. The molecule has 1 N–H and O–H groups in total. The van der Waals surface area contributed by atoms with Crippen LogP contribution in [0.3, 0.4) is 0 Å². The second kappa shape index (κ2) is 4.88. The first kappa shape index (κ1) is 11.5. The molecule has 0 bridgehead atoms. The molecule has 2 unspecified atom stereocenters. The molecule has 1 aliphatic heterocycles. The number of fused-ring (bicyclic) bond motifs is 1. The van der Waals surface area contributed by atoms with Crippen LogP contribution in [0.2, 0.25) is 0 Å². The van der Waals surface area contributed by atoms with E-state index in [1.165, 1.54) is 17.5 Å². The maximum absolute atomic E-state index is 6.03. The average molecular weight is 219 g/mol. The Kier molecular flexibility index (Phi) is 3.49. The molecule has 1 aromatic rings. The van der Waals surface area contributed by atoms with Gasteiger partial charge in [-0.15, -0.1) is 0 Å². The lowest BCUT2D eigenvalue weighted by Crippen LogP contribution is -2.30. The molecular formula is C14H21NO. The van der Waals surface area contributed by atoms with E-state index < -0.39 is 0 Å². The second-order valence-electron chi connectivity index (χ2n) is 4.52. The maximum Gasteiger partial charge on any atom is 0.125 e. The quantitative estimate of drug-likeness (QED) is 0.839. The fraction of sp³-hybridized carbons (Fsp3) is 0.571. The van der Waals surface area contributed by atoms with Gasteiger partial charge in [-0.3, -0.25) is 0 Å². The molecule has 0 spiro atoms. The molecule has 0 fully saturated rings. The first-order valence-electron chi connectivity index (χ1n) is 6.26. The van der Waals surface area contributed by atoms with Crippen molar-refractivity contribution in [2.75, 3.05) is 6.54 Å². The number of ether oxygens (including phenoxy) is 1. The molecule has 0 saturated heterocycles. The standard InChI is InChI=1S/C14H21NO/c1-4-6-12-14(15-5-2)11-8-7-10(3)9-13(11)16-12/h7-9,12,14-15H,4-6H2,1-3H3. The molecule has 0 saturated carbocycles. The fourth-order valence-corrected chi connectivity index (χ4v) is 2.40. The molecule has 2 nitrogen and oxygen atoms in total. The smallest absolute Gasteiger partial charge is 0.125 e. The van der Waals surface area contributed by atoms with Crippen molar-refractivity contribution in [3.05, 3.63) is 29.3 Å². The molecule has 2 rings (SSSR count). The number of rotatable bonds is 4. The van der Waals surface area contributed by atoms with Gasteiger partial charge in [-0.1, -0.05) is 32.4 Å². The predicted octanol–water partition coefficient (Wildman–Crippen LogP) is 3.21. The summed E-state index contributed by atoms with van der Waals surface area (Å²) in [7, 11) is 0. The SMILES string of the molecule is CCCC1Oc2cc(C)ccc2C1NCC. The minimum atomic E-state index is 0.307. The van der Waals surface area contributed by atoms with E-state index >= 15 is 0 Å². The minimum Gasteiger partial charge on any atom is -0.488 e. The topological polar surface area (TPSA) is 21.3 Å². The van der Waals surface area contributed by atoms with E-state index in [9.17, 15) is 0 Å². The van der Waals surface area contributed by atoms with Gasteiger partial charge in [-0.25, -0.2) is 0 Å². The first-order valence-corrected chi connectivity index (χ1v) is 6.26. The lowest BCUT2D eigenvalue weighted by molar-refractivity contribution is 0.179.